The monoisotopic (exact) mass is 637 g/mol. The predicted octanol–water partition coefficient (Wildman–Crippen LogP) is 7.15. The summed E-state index contributed by atoms with van der Waals surface area (Å²) < 4.78 is 52.4. The van der Waals surface area contributed by atoms with Gasteiger partial charge >= 0.3 is 6.18 Å². The average Bonchev–Trinajstić information content (AvgIpc) is 3.05. The third-order valence-corrected chi connectivity index (χ3v) is 8.48. The Hall–Kier alpha value is -4.15. The van der Waals surface area contributed by atoms with Gasteiger partial charge < -0.3 is 5.32 Å². The molecule has 0 aromatic heterocycles. The molecule has 0 aliphatic carbocycles. The number of alkyl halides is 3. The van der Waals surface area contributed by atoms with E-state index < -0.39 is 11.7 Å². The van der Waals surface area contributed by atoms with Crippen molar-refractivity contribution in [2.24, 2.45) is 4.99 Å². The lowest BCUT2D eigenvalue weighted by atomic mass is 10.0. The predicted molar refractivity (Wildman–Crippen MR) is 172 cm³/mol. The van der Waals surface area contributed by atoms with Gasteiger partial charge in [-0.05, 0) is 72.5 Å². The first kappa shape index (κ1) is 34.7. The van der Waals surface area contributed by atoms with Gasteiger partial charge in [0, 0.05) is 19.5 Å². The van der Waals surface area contributed by atoms with Crippen molar-refractivity contribution >= 4 is 17.6 Å². The molecule has 1 N–H and O–H groups in total. The van der Waals surface area contributed by atoms with Crippen LogP contribution in [0.1, 0.15) is 50.3 Å². The van der Waals surface area contributed by atoms with E-state index in [0.717, 1.165) is 41.9 Å². The molecule has 4 rings (SSSR count). The summed E-state index contributed by atoms with van der Waals surface area (Å²) in [5.41, 5.74) is 3.04. The van der Waals surface area contributed by atoms with Crippen molar-refractivity contribution < 1.29 is 31.6 Å². The van der Waals surface area contributed by atoms with Crippen molar-refractivity contribution in [3.05, 3.63) is 107 Å². The molecule has 0 spiro atoms. The van der Waals surface area contributed by atoms with Crippen LogP contribution < -0.4 is 5.32 Å². The van der Waals surface area contributed by atoms with E-state index in [4.69, 9.17) is 0 Å². The molecule has 0 bridgehead atoms. The highest BCUT2D eigenvalue weighted by Crippen LogP contribution is 2.31. The lowest BCUT2D eigenvalue weighted by Gasteiger charge is -2.38. The van der Waals surface area contributed by atoms with Crippen LogP contribution in [0.4, 0.5) is 17.6 Å². The lowest BCUT2D eigenvalue weighted by molar-refractivity contribution is -0.782. The van der Waals surface area contributed by atoms with Crippen LogP contribution in [0.5, 0.6) is 0 Å². The van der Waals surface area contributed by atoms with E-state index in [0.29, 0.717) is 49.3 Å². The van der Waals surface area contributed by atoms with Crippen LogP contribution in [0.2, 0.25) is 0 Å². The molecule has 0 saturated carbocycles. The van der Waals surface area contributed by atoms with Gasteiger partial charge in [0.2, 0.25) is 5.84 Å². The molecule has 0 radical (unpaired) electrons. The van der Waals surface area contributed by atoms with E-state index in [1.807, 2.05) is 37.4 Å². The van der Waals surface area contributed by atoms with E-state index in [-0.39, 0.29) is 35.2 Å². The summed E-state index contributed by atoms with van der Waals surface area (Å²) in [6.07, 6.45) is -1.02. The molecular weight excluding hydrogens is 596 g/mol. The largest absolute Gasteiger partial charge is 0.416 e. The number of hydrogen-bond acceptors (Lipinski definition) is 3. The number of rotatable bonds is 14. The number of nitrogens with zero attached hydrogens (tertiary/aromatic N) is 3. The van der Waals surface area contributed by atoms with Crippen molar-refractivity contribution in [1.29, 1.82) is 0 Å². The molecule has 3 aromatic carbocycles. The molecule has 0 fully saturated rings. The topological polar surface area (TPSA) is 61.8 Å². The molecule has 1 heterocycles. The highest BCUT2D eigenvalue weighted by atomic mass is 19.4. The summed E-state index contributed by atoms with van der Waals surface area (Å²) in [6, 6.07) is 18.6. The number of amides is 2. The van der Waals surface area contributed by atoms with E-state index in [9.17, 15) is 27.2 Å². The Labute approximate surface area is 268 Å². The molecule has 1 aliphatic heterocycles. The van der Waals surface area contributed by atoms with E-state index in [2.05, 4.69) is 29.1 Å². The Kier molecular flexibility index (Phi) is 11.6. The molecule has 46 heavy (non-hydrogen) atoms. The van der Waals surface area contributed by atoms with Crippen molar-refractivity contribution in [1.82, 2.24) is 10.2 Å². The minimum absolute atomic E-state index is 0.0595. The molecule has 6 nitrogen and oxygen atoms in total. The van der Waals surface area contributed by atoms with Crippen LogP contribution in [-0.2, 0) is 28.7 Å². The molecule has 3 aromatic rings. The number of amidine groups is 1. The number of hydrogen-bond donors (Lipinski definition) is 1. The van der Waals surface area contributed by atoms with Crippen molar-refractivity contribution in [2.75, 3.05) is 32.7 Å². The molecule has 2 amide bonds. The second kappa shape index (κ2) is 15.4. The summed E-state index contributed by atoms with van der Waals surface area (Å²) in [6.45, 7) is 9.32. The van der Waals surface area contributed by atoms with E-state index in [1.54, 1.807) is 12.1 Å². The van der Waals surface area contributed by atoms with Crippen LogP contribution in [0, 0.1) is 5.82 Å². The van der Waals surface area contributed by atoms with E-state index in [1.165, 1.54) is 24.3 Å². The third kappa shape index (κ3) is 8.98. The van der Waals surface area contributed by atoms with Crippen molar-refractivity contribution in [3.8, 4) is 11.1 Å². The molecule has 1 aliphatic rings. The molecule has 244 valence electrons. The smallest absolute Gasteiger partial charge is 0.347 e. The molecule has 1 atom stereocenters. The minimum atomic E-state index is -4.39. The number of nitrogens with one attached hydrogen (secondary N) is 1. The Morgan fingerprint density at radius 2 is 1.43 bits per heavy atom. The second-order valence-corrected chi connectivity index (χ2v) is 11.5. The van der Waals surface area contributed by atoms with Crippen LogP contribution in [0.25, 0.3) is 11.1 Å². The normalized spacial score (nSPS) is 16.7. The number of halogens is 4. The molecule has 10 heteroatoms. The third-order valence-electron chi connectivity index (χ3n) is 8.48. The number of quaternary nitrogens is 1. The van der Waals surface area contributed by atoms with Gasteiger partial charge in [-0.15, -0.1) is 0 Å². The van der Waals surface area contributed by atoms with Gasteiger partial charge in [0.25, 0.3) is 11.8 Å². The van der Waals surface area contributed by atoms with Gasteiger partial charge in [0.05, 0.1) is 11.1 Å². The van der Waals surface area contributed by atoms with Crippen LogP contribution in [0.3, 0.4) is 0 Å². The fourth-order valence-electron chi connectivity index (χ4n) is 5.59. The fraction of sp³-hybridized carbons (Fsp3) is 0.361. The van der Waals surface area contributed by atoms with Gasteiger partial charge in [-0.3, -0.25) is 14.5 Å². The Balaban J connectivity index is 1.51. The van der Waals surface area contributed by atoms with Gasteiger partial charge in [0.15, 0.2) is 6.54 Å². The average molecular weight is 638 g/mol. The SMILES string of the molecule is CCC1=C[N+](CCN(CC)CC)(CC(=O)NCc2ccc(-c3ccc(C(F)(F)F)cc3)cc2)C(CCc2ccc(F)cc2)=NC1=O. The maximum Gasteiger partial charge on any atom is 0.416 e. The number of aryl methyl sites for hydroxylation is 1. The zero-order valence-electron chi connectivity index (χ0n) is 26.5. The van der Waals surface area contributed by atoms with Gasteiger partial charge in [-0.2, -0.15) is 18.2 Å². The van der Waals surface area contributed by atoms with Crippen molar-refractivity contribution in [3.63, 3.8) is 0 Å². The maximum absolute atomic E-state index is 13.6. The maximum atomic E-state index is 13.6. The molecule has 1 unspecified atom stereocenters. The number of carbonyl (C=O) groups excluding carboxylic acids is 2. The summed E-state index contributed by atoms with van der Waals surface area (Å²) in [5.74, 6) is -0.210. The van der Waals surface area contributed by atoms with E-state index >= 15 is 0 Å². The Morgan fingerprint density at radius 3 is 2.00 bits per heavy atom. The first-order valence-electron chi connectivity index (χ1n) is 15.7. The van der Waals surface area contributed by atoms with Gasteiger partial charge in [-0.1, -0.05) is 69.3 Å². The standard InChI is InChI=1S/C36H40F4N4O2/c1-4-28-24-44(22-21-43(5-2)6-3,33(42-35(28)46)20-11-26-9-18-32(37)19-10-26)25-34(45)41-23-27-7-12-29(13-8-27)30-14-16-31(17-15-30)36(38,39)40/h7-10,12-19,24H,4-6,11,20-23,25H2,1-3H3/p+1. The molecule has 0 saturated heterocycles. The second-order valence-electron chi connectivity index (χ2n) is 11.5. The Morgan fingerprint density at radius 1 is 0.848 bits per heavy atom. The summed E-state index contributed by atoms with van der Waals surface area (Å²) in [5, 5.41) is 3.01. The number of likely N-dealkylation sites (N-methyl/N-ethyl adjacent to an activating group) is 1. The van der Waals surface area contributed by atoms with Crippen molar-refractivity contribution in [2.45, 2.75) is 52.8 Å². The van der Waals surface area contributed by atoms with Gasteiger partial charge in [0.1, 0.15) is 18.6 Å². The summed E-state index contributed by atoms with van der Waals surface area (Å²) >= 11 is 0. The van der Waals surface area contributed by atoms with Crippen LogP contribution in [0.15, 0.2) is 89.6 Å². The minimum Gasteiger partial charge on any atom is -0.347 e. The Bertz CT molecular complexity index is 1540. The number of aliphatic imine (C=N–C) groups is 1. The quantitative estimate of drug-likeness (QED) is 0.151. The highest BCUT2D eigenvalue weighted by Gasteiger charge is 2.40. The first-order chi connectivity index (χ1) is 22.0. The first-order valence-corrected chi connectivity index (χ1v) is 15.7. The summed E-state index contributed by atoms with van der Waals surface area (Å²) in [4.78, 5) is 33.3. The highest BCUT2D eigenvalue weighted by molar-refractivity contribution is 6.03. The molecular formula is C36H41F4N4O2+. The number of benzene rings is 3. The zero-order chi connectivity index (χ0) is 33.3. The number of carbonyl (C=O) groups is 2. The summed E-state index contributed by atoms with van der Waals surface area (Å²) in [7, 11) is 0. The fourth-order valence-corrected chi connectivity index (χ4v) is 5.59. The van der Waals surface area contributed by atoms with Crippen LogP contribution >= 0.6 is 0 Å². The lowest BCUT2D eigenvalue weighted by Crippen LogP contribution is -2.58. The van der Waals surface area contributed by atoms with Crippen LogP contribution in [-0.4, -0.2) is 59.8 Å². The van der Waals surface area contributed by atoms with Gasteiger partial charge in [-0.25, -0.2) is 8.87 Å². The zero-order valence-corrected chi connectivity index (χ0v) is 26.5.